The number of nitrogens with two attached hydrogens (primary N) is 1. The summed E-state index contributed by atoms with van der Waals surface area (Å²) in [6.45, 7) is 2.25. The summed E-state index contributed by atoms with van der Waals surface area (Å²) in [5.74, 6) is 0. The van der Waals surface area contributed by atoms with E-state index < -0.39 is 0 Å². The number of nitrogens with zero attached hydrogens (tertiary/aromatic N) is 1. The molecule has 0 bridgehead atoms. The first-order valence-corrected chi connectivity index (χ1v) is 6.97. The minimum absolute atomic E-state index is 0.366. The van der Waals surface area contributed by atoms with Gasteiger partial charge in [-0.05, 0) is 37.0 Å². The van der Waals surface area contributed by atoms with Crippen LogP contribution in [0.5, 0.6) is 0 Å². The molecule has 1 unspecified atom stereocenters. The van der Waals surface area contributed by atoms with E-state index in [0.29, 0.717) is 6.04 Å². The molecule has 1 atom stereocenters. The summed E-state index contributed by atoms with van der Waals surface area (Å²) in [4.78, 5) is 4.02. The summed E-state index contributed by atoms with van der Waals surface area (Å²) >= 11 is 0. The Balaban J connectivity index is 2.03. The quantitative estimate of drug-likeness (QED) is 0.662. The van der Waals surface area contributed by atoms with Crippen LogP contribution in [0.25, 0.3) is 0 Å². The maximum absolute atomic E-state index is 6.12. The fourth-order valence-electron chi connectivity index (χ4n) is 2.06. The molecule has 96 valence electrons. The lowest BCUT2D eigenvalue weighted by Gasteiger charge is -2.11. The fraction of sp³-hybridized carbons (Fsp3) is 0.667. The summed E-state index contributed by atoms with van der Waals surface area (Å²) in [5.41, 5.74) is 7.47. The van der Waals surface area contributed by atoms with Crippen molar-refractivity contribution in [3.8, 4) is 0 Å². The van der Waals surface area contributed by atoms with E-state index >= 15 is 0 Å². The standard InChI is InChI=1S/C15H26N2/c1-2-3-4-5-6-7-15(16)9-8-14-10-12-17-13-11-14/h10-13,15H,2-9,16H2,1H3. The topological polar surface area (TPSA) is 38.9 Å². The van der Waals surface area contributed by atoms with Crippen molar-refractivity contribution in [1.29, 1.82) is 0 Å². The van der Waals surface area contributed by atoms with E-state index in [2.05, 4.69) is 24.0 Å². The van der Waals surface area contributed by atoms with Gasteiger partial charge in [0.1, 0.15) is 0 Å². The molecule has 2 nitrogen and oxygen atoms in total. The zero-order valence-corrected chi connectivity index (χ0v) is 11.1. The third kappa shape index (κ3) is 7.11. The number of rotatable bonds is 9. The van der Waals surface area contributed by atoms with Crippen molar-refractivity contribution in [2.75, 3.05) is 0 Å². The Morgan fingerprint density at radius 3 is 2.47 bits per heavy atom. The zero-order valence-electron chi connectivity index (χ0n) is 11.1. The predicted molar refractivity (Wildman–Crippen MR) is 73.9 cm³/mol. The van der Waals surface area contributed by atoms with Crippen LogP contribution in [0.2, 0.25) is 0 Å². The Labute approximate surface area is 106 Å². The van der Waals surface area contributed by atoms with Crippen molar-refractivity contribution in [1.82, 2.24) is 4.98 Å². The van der Waals surface area contributed by atoms with E-state index in [1.165, 1.54) is 44.1 Å². The van der Waals surface area contributed by atoms with Gasteiger partial charge in [0.05, 0.1) is 0 Å². The highest BCUT2D eigenvalue weighted by atomic mass is 14.6. The van der Waals surface area contributed by atoms with Crippen molar-refractivity contribution in [3.05, 3.63) is 30.1 Å². The molecule has 0 aliphatic carbocycles. The van der Waals surface area contributed by atoms with Gasteiger partial charge in [0.2, 0.25) is 0 Å². The van der Waals surface area contributed by atoms with E-state index in [1.54, 1.807) is 0 Å². The maximum Gasteiger partial charge on any atom is 0.0270 e. The molecule has 0 fully saturated rings. The second kappa shape index (κ2) is 9.17. The number of unbranched alkanes of at least 4 members (excludes halogenated alkanes) is 4. The van der Waals surface area contributed by atoms with Crippen molar-refractivity contribution in [2.45, 2.75) is 64.3 Å². The summed E-state index contributed by atoms with van der Waals surface area (Å²) < 4.78 is 0. The molecule has 1 heterocycles. The third-order valence-corrected chi connectivity index (χ3v) is 3.23. The molecule has 1 rings (SSSR count). The number of hydrogen-bond acceptors (Lipinski definition) is 2. The van der Waals surface area contributed by atoms with E-state index in [-0.39, 0.29) is 0 Å². The van der Waals surface area contributed by atoms with E-state index in [4.69, 9.17) is 5.73 Å². The van der Waals surface area contributed by atoms with E-state index in [9.17, 15) is 0 Å². The Morgan fingerprint density at radius 1 is 1.06 bits per heavy atom. The van der Waals surface area contributed by atoms with Gasteiger partial charge in [-0.2, -0.15) is 0 Å². The Kier molecular flexibility index (Phi) is 7.65. The second-order valence-corrected chi connectivity index (χ2v) is 4.86. The normalized spacial score (nSPS) is 12.6. The van der Waals surface area contributed by atoms with Gasteiger partial charge in [-0.3, -0.25) is 4.98 Å². The van der Waals surface area contributed by atoms with Crippen LogP contribution in [0.4, 0.5) is 0 Å². The number of aryl methyl sites for hydroxylation is 1. The molecule has 2 N–H and O–H groups in total. The summed E-state index contributed by atoms with van der Waals surface area (Å²) in [6, 6.07) is 4.52. The largest absolute Gasteiger partial charge is 0.328 e. The number of aromatic nitrogens is 1. The molecule has 0 aliphatic rings. The Morgan fingerprint density at radius 2 is 1.76 bits per heavy atom. The first kappa shape index (κ1) is 14.2. The minimum atomic E-state index is 0.366. The third-order valence-electron chi connectivity index (χ3n) is 3.23. The van der Waals surface area contributed by atoms with E-state index in [1.807, 2.05) is 12.4 Å². The SMILES string of the molecule is CCCCCCCC(N)CCc1ccncc1. The van der Waals surface area contributed by atoms with Gasteiger partial charge in [-0.1, -0.05) is 39.0 Å². The molecule has 17 heavy (non-hydrogen) atoms. The van der Waals surface area contributed by atoms with Crippen LogP contribution in [-0.2, 0) is 6.42 Å². The molecule has 0 aromatic carbocycles. The molecule has 0 radical (unpaired) electrons. The predicted octanol–water partition coefficient (Wildman–Crippen LogP) is 3.70. The second-order valence-electron chi connectivity index (χ2n) is 4.86. The Bertz CT molecular complexity index is 272. The van der Waals surface area contributed by atoms with Crippen LogP contribution in [0.15, 0.2) is 24.5 Å². The van der Waals surface area contributed by atoms with Crippen molar-refractivity contribution < 1.29 is 0 Å². The molecule has 0 saturated carbocycles. The number of hydrogen-bond donors (Lipinski definition) is 1. The highest BCUT2D eigenvalue weighted by Crippen LogP contribution is 2.10. The van der Waals surface area contributed by atoms with Crippen molar-refractivity contribution in [3.63, 3.8) is 0 Å². The van der Waals surface area contributed by atoms with Crippen LogP contribution in [-0.4, -0.2) is 11.0 Å². The molecule has 0 saturated heterocycles. The molecule has 1 aromatic rings. The summed E-state index contributed by atoms with van der Waals surface area (Å²) in [5, 5.41) is 0. The lowest BCUT2D eigenvalue weighted by Crippen LogP contribution is -2.20. The number of pyridine rings is 1. The smallest absolute Gasteiger partial charge is 0.0270 e. The van der Waals surface area contributed by atoms with Crippen LogP contribution in [0.3, 0.4) is 0 Å². The highest BCUT2D eigenvalue weighted by molar-refractivity contribution is 5.09. The lowest BCUT2D eigenvalue weighted by atomic mass is 10.0. The van der Waals surface area contributed by atoms with Crippen molar-refractivity contribution in [2.24, 2.45) is 5.73 Å². The van der Waals surface area contributed by atoms with Gasteiger partial charge in [-0.25, -0.2) is 0 Å². The van der Waals surface area contributed by atoms with Crippen LogP contribution in [0, 0.1) is 0 Å². The lowest BCUT2D eigenvalue weighted by molar-refractivity contribution is 0.516. The molecule has 0 amide bonds. The van der Waals surface area contributed by atoms with Gasteiger partial charge in [-0.15, -0.1) is 0 Å². The molecule has 1 aromatic heterocycles. The summed E-state index contributed by atoms with van der Waals surface area (Å²) in [7, 11) is 0. The van der Waals surface area contributed by atoms with Crippen LogP contribution >= 0.6 is 0 Å². The van der Waals surface area contributed by atoms with Gasteiger partial charge in [0.15, 0.2) is 0 Å². The molecule has 0 aliphatic heterocycles. The summed E-state index contributed by atoms with van der Waals surface area (Å²) in [6.07, 6.45) is 13.7. The molecular weight excluding hydrogens is 208 g/mol. The fourth-order valence-corrected chi connectivity index (χ4v) is 2.06. The molecule has 0 spiro atoms. The van der Waals surface area contributed by atoms with Gasteiger partial charge < -0.3 is 5.73 Å². The average molecular weight is 234 g/mol. The molecule has 2 heteroatoms. The van der Waals surface area contributed by atoms with E-state index in [0.717, 1.165) is 12.8 Å². The van der Waals surface area contributed by atoms with Gasteiger partial charge in [0, 0.05) is 18.4 Å². The first-order valence-electron chi connectivity index (χ1n) is 6.97. The maximum atomic E-state index is 6.12. The van der Waals surface area contributed by atoms with Gasteiger partial charge in [0.25, 0.3) is 0 Å². The molecular formula is C15H26N2. The Hall–Kier alpha value is -0.890. The van der Waals surface area contributed by atoms with Crippen LogP contribution in [0.1, 0.15) is 57.4 Å². The highest BCUT2D eigenvalue weighted by Gasteiger charge is 2.02. The zero-order chi connectivity index (χ0) is 12.3. The van der Waals surface area contributed by atoms with Gasteiger partial charge >= 0.3 is 0 Å². The average Bonchev–Trinajstić information content (AvgIpc) is 2.37. The monoisotopic (exact) mass is 234 g/mol. The van der Waals surface area contributed by atoms with Crippen LogP contribution < -0.4 is 5.73 Å². The first-order chi connectivity index (χ1) is 8.33. The minimum Gasteiger partial charge on any atom is -0.328 e. The van der Waals surface area contributed by atoms with Crippen molar-refractivity contribution >= 4 is 0 Å².